The molecule has 0 aromatic heterocycles. The van der Waals surface area contributed by atoms with Crippen LogP contribution in [0.1, 0.15) is 76.2 Å². The van der Waals surface area contributed by atoms with E-state index in [1.54, 1.807) is 19.2 Å². The summed E-state index contributed by atoms with van der Waals surface area (Å²) >= 11 is 6.11. The van der Waals surface area contributed by atoms with E-state index in [2.05, 4.69) is 0 Å². The molecule has 4 atom stereocenters. The quantitative estimate of drug-likeness (QED) is 0.315. The molecule has 10 heteroatoms. The second kappa shape index (κ2) is 13.0. The molecule has 0 bridgehead atoms. The lowest BCUT2D eigenvalue weighted by Crippen LogP contribution is -2.58. The first-order valence-electron chi connectivity index (χ1n) is 13.3. The van der Waals surface area contributed by atoms with E-state index in [9.17, 15) is 18.7 Å². The van der Waals surface area contributed by atoms with Crippen molar-refractivity contribution in [2.24, 2.45) is 23.3 Å². The van der Waals surface area contributed by atoms with Crippen molar-refractivity contribution in [1.29, 1.82) is 0 Å². The lowest BCUT2D eigenvalue weighted by atomic mass is 9.68. The maximum absolute atomic E-state index is 15.3. The minimum Gasteiger partial charge on any atom is -0.385 e. The normalized spacial score (nSPS) is 25.0. The van der Waals surface area contributed by atoms with E-state index in [0.29, 0.717) is 64.5 Å². The van der Waals surface area contributed by atoms with Crippen LogP contribution in [0.2, 0.25) is 5.02 Å². The van der Waals surface area contributed by atoms with Crippen LogP contribution < -0.4 is 11.5 Å². The van der Waals surface area contributed by atoms with E-state index < -0.39 is 35.3 Å². The maximum Gasteiger partial charge on any atom is 0.315 e. The van der Waals surface area contributed by atoms with Crippen LogP contribution in [0.15, 0.2) is 18.2 Å². The van der Waals surface area contributed by atoms with Gasteiger partial charge in [-0.25, -0.2) is 18.0 Å². The zero-order valence-corrected chi connectivity index (χ0v) is 22.4. The Morgan fingerprint density at radius 3 is 2.62 bits per heavy atom. The number of primary amides is 1. The highest BCUT2D eigenvalue weighted by molar-refractivity contribution is 6.30. The number of rotatable bonds is 11. The van der Waals surface area contributed by atoms with Gasteiger partial charge in [-0.3, -0.25) is 0 Å². The Kier molecular flexibility index (Phi) is 10.5. The van der Waals surface area contributed by atoms with Gasteiger partial charge in [0.15, 0.2) is 0 Å². The van der Waals surface area contributed by atoms with Crippen molar-refractivity contribution in [3.63, 3.8) is 0 Å². The largest absolute Gasteiger partial charge is 0.385 e. The molecule has 210 valence electrons. The van der Waals surface area contributed by atoms with Crippen LogP contribution in [-0.2, 0) is 10.3 Å². The second-order valence-corrected chi connectivity index (χ2v) is 11.3. The minimum atomic E-state index is -2.61. The number of urea groups is 1. The van der Waals surface area contributed by atoms with Crippen LogP contribution >= 0.6 is 11.6 Å². The van der Waals surface area contributed by atoms with Crippen LogP contribution in [0.3, 0.4) is 0 Å². The van der Waals surface area contributed by atoms with Crippen LogP contribution in [0.4, 0.5) is 18.0 Å². The summed E-state index contributed by atoms with van der Waals surface area (Å²) in [5, 5.41) is 12.1. The highest BCUT2D eigenvalue weighted by Crippen LogP contribution is 2.46. The zero-order chi connectivity index (χ0) is 27.2. The minimum absolute atomic E-state index is 0.0806. The number of aliphatic hydroxyl groups is 1. The number of piperidine rings is 1. The summed E-state index contributed by atoms with van der Waals surface area (Å²) < 4.78 is 47.7. The monoisotopic (exact) mass is 547 g/mol. The standard InChI is InChI=1S/C27H41ClF3N3O3/c1-37-15-3-2-11-27(36,21-6-4-8-22(28)24(21)29)20-7-5-14-34(25(33)35)23(20)17-19(32)16-18-9-12-26(30,31)13-10-18/h4,6,8,18-20,23,36H,2-3,5,7,9-17,32H2,1H3,(H2,33,35)/t19-,20?,23?,27-/m0/s1. The number of hydrogen-bond acceptors (Lipinski definition) is 4. The predicted molar refractivity (Wildman–Crippen MR) is 138 cm³/mol. The molecule has 1 aromatic carbocycles. The Bertz CT molecular complexity index is 899. The Labute approximate surface area is 222 Å². The van der Waals surface area contributed by atoms with Crippen molar-refractivity contribution in [3.05, 3.63) is 34.6 Å². The van der Waals surface area contributed by atoms with Crippen LogP contribution in [0, 0.1) is 17.7 Å². The van der Waals surface area contributed by atoms with E-state index in [1.165, 1.54) is 11.0 Å². The Hall–Kier alpha value is -1.55. The van der Waals surface area contributed by atoms with Crippen molar-refractivity contribution in [2.75, 3.05) is 20.3 Å². The summed E-state index contributed by atoms with van der Waals surface area (Å²) in [6, 6.07) is 3.05. The number of carbonyl (C=O) groups excluding carboxylic acids is 1. The number of alkyl halides is 2. The molecule has 1 saturated heterocycles. The van der Waals surface area contributed by atoms with Gasteiger partial charge in [-0.1, -0.05) is 23.7 Å². The Morgan fingerprint density at radius 1 is 1.27 bits per heavy atom. The second-order valence-electron chi connectivity index (χ2n) is 10.9. The third-order valence-electron chi connectivity index (χ3n) is 8.27. The lowest BCUT2D eigenvalue weighted by molar-refractivity contribution is -0.0848. The van der Waals surface area contributed by atoms with E-state index in [-0.39, 0.29) is 41.8 Å². The molecule has 2 amide bonds. The van der Waals surface area contributed by atoms with Gasteiger partial charge in [0.25, 0.3) is 0 Å². The number of amides is 2. The van der Waals surface area contributed by atoms with E-state index >= 15 is 4.39 Å². The van der Waals surface area contributed by atoms with Crippen molar-refractivity contribution in [3.8, 4) is 0 Å². The Morgan fingerprint density at radius 2 is 1.97 bits per heavy atom. The number of nitrogens with zero attached hydrogens (tertiary/aromatic N) is 1. The molecule has 6 nitrogen and oxygen atoms in total. The molecule has 1 saturated carbocycles. The molecule has 37 heavy (non-hydrogen) atoms. The van der Waals surface area contributed by atoms with Crippen LogP contribution in [-0.4, -0.2) is 54.3 Å². The van der Waals surface area contributed by atoms with Crippen LogP contribution in [0.5, 0.6) is 0 Å². The van der Waals surface area contributed by atoms with Gasteiger partial charge in [-0.2, -0.15) is 0 Å². The predicted octanol–water partition coefficient (Wildman–Crippen LogP) is 5.58. The molecule has 0 spiro atoms. The van der Waals surface area contributed by atoms with Gasteiger partial charge >= 0.3 is 6.03 Å². The molecule has 1 aliphatic carbocycles. The number of nitrogens with two attached hydrogens (primary N) is 2. The summed E-state index contributed by atoms with van der Waals surface area (Å²) in [5.41, 5.74) is 10.8. The van der Waals surface area contributed by atoms with E-state index in [1.807, 2.05) is 0 Å². The van der Waals surface area contributed by atoms with Gasteiger partial charge in [0.2, 0.25) is 5.92 Å². The number of likely N-dealkylation sites (tertiary alicyclic amines) is 1. The van der Waals surface area contributed by atoms with Gasteiger partial charge < -0.3 is 26.2 Å². The van der Waals surface area contributed by atoms with Gasteiger partial charge in [0.05, 0.1) is 10.6 Å². The molecular weight excluding hydrogens is 507 g/mol. The molecule has 5 N–H and O–H groups in total. The molecule has 1 aliphatic heterocycles. The van der Waals surface area contributed by atoms with Crippen molar-refractivity contribution in [1.82, 2.24) is 4.90 Å². The highest BCUT2D eigenvalue weighted by Gasteiger charge is 2.48. The van der Waals surface area contributed by atoms with Gasteiger partial charge in [0, 0.05) is 56.7 Å². The molecule has 1 heterocycles. The summed E-state index contributed by atoms with van der Waals surface area (Å²) in [6.07, 6.45) is 4.04. The summed E-state index contributed by atoms with van der Waals surface area (Å²) in [7, 11) is 1.60. The van der Waals surface area contributed by atoms with Crippen molar-refractivity contribution < 1.29 is 27.8 Å². The van der Waals surface area contributed by atoms with Gasteiger partial charge in [0.1, 0.15) is 5.82 Å². The number of carbonyl (C=O) groups is 1. The van der Waals surface area contributed by atoms with Gasteiger partial charge in [-0.05, 0) is 69.8 Å². The van der Waals surface area contributed by atoms with Gasteiger partial charge in [-0.15, -0.1) is 0 Å². The van der Waals surface area contributed by atoms with Crippen molar-refractivity contribution in [2.45, 2.75) is 94.2 Å². The number of ether oxygens (including phenoxy) is 1. The first-order valence-corrected chi connectivity index (χ1v) is 13.7. The number of unbranched alkanes of at least 4 members (excludes halogenated alkanes) is 1. The number of halogens is 4. The molecule has 2 aliphatic rings. The summed E-state index contributed by atoms with van der Waals surface area (Å²) in [5.74, 6) is -3.75. The fraction of sp³-hybridized carbons (Fsp3) is 0.741. The molecule has 0 radical (unpaired) electrons. The number of methoxy groups -OCH3 is 1. The first kappa shape index (κ1) is 30.0. The summed E-state index contributed by atoms with van der Waals surface area (Å²) in [6.45, 7) is 0.914. The average Bonchev–Trinajstić information content (AvgIpc) is 2.84. The first-order chi connectivity index (χ1) is 17.5. The Balaban J connectivity index is 1.88. The third kappa shape index (κ3) is 7.52. The molecule has 2 unspecified atom stereocenters. The molecule has 1 aromatic rings. The lowest BCUT2D eigenvalue weighted by Gasteiger charge is -2.49. The van der Waals surface area contributed by atoms with E-state index in [0.717, 1.165) is 0 Å². The van der Waals surface area contributed by atoms with Crippen molar-refractivity contribution >= 4 is 17.6 Å². The third-order valence-corrected chi connectivity index (χ3v) is 8.56. The highest BCUT2D eigenvalue weighted by atomic mass is 35.5. The SMILES string of the molecule is COCCCC[C@@](O)(c1cccc(Cl)c1F)C1CCCN(C(N)=O)C1C[C@@H](N)CC1CCC(F)(F)CC1. The zero-order valence-electron chi connectivity index (χ0n) is 21.6. The number of benzene rings is 1. The van der Waals surface area contributed by atoms with E-state index in [4.69, 9.17) is 27.8 Å². The average molecular weight is 548 g/mol. The van der Waals surface area contributed by atoms with Crippen LogP contribution in [0.25, 0.3) is 0 Å². The fourth-order valence-corrected chi connectivity index (χ4v) is 6.52. The molecule has 3 rings (SSSR count). The smallest absolute Gasteiger partial charge is 0.315 e. The maximum atomic E-state index is 15.3. The summed E-state index contributed by atoms with van der Waals surface area (Å²) in [4.78, 5) is 14.0. The molecule has 2 fully saturated rings. The topological polar surface area (TPSA) is 102 Å². The fourth-order valence-electron chi connectivity index (χ4n) is 6.35. The molecular formula is C27H41ClF3N3O3. The number of hydrogen-bond donors (Lipinski definition) is 3.